The molecule has 0 aliphatic heterocycles. The molecule has 1 aromatic heterocycles. The molecule has 0 saturated carbocycles. The van der Waals surface area contributed by atoms with Gasteiger partial charge in [-0.1, -0.05) is 0 Å². The van der Waals surface area contributed by atoms with Gasteiger partial charge in [0.25, 0.3) is 15.9 Å². The highest BCUT2D eigenvalue weighted by Crippen LogP contribution is 2.29. The molecule has 152 valence electrons. The van der Waals surface area contributed by atoms with Crippen LogP contribution in [0, 0.1) is 5.82 Å². The minimum absolute atomic E-state index is 0.0793. The number of carbonyl (C=O) groups excluding carboxylic acids is 1. The molecule has 3 aromatic rings. The maximum absolute atomic E-state index is 13.1. The summed E-state index contributed by atoms with van der Waals surface area (Å²) in [7, 11) is 1.19. The van der Waals surface area contributed by atoms with E-state index < -0.39 is 21.7 Å². The molecule has 6 nitrogen and oxygen atoms in total. The van der Waals surface area contributed by atoms with Crippen LogP contribution in [-0.2, 0) is 10.0 Å². The summed E-state index contributed by atoms with van der Waals surface area (Å²) in [4.78, 5) is 14.6. The Hall–Kier alpha value is -2.91. The van der Waals surface area contributed by atoms with Crippen LogP contribution in [0.5, 0.6) is 0 Å². The topological polar surface area (TPSA) is 69.7 Å². The summed E-state index contributed by atoms with van der Waals surface area (Å²) in [6.45, 7) is 0. The molecule has 0 aliphatic rings. The molecular weight excluding hydrogens is 413 g/mol. The number of nitrogens with one attached hydrogen (secondary N) is 1. The molecule has 0 radical (unpaired) electrons. The quantitative estimate of drug-likeness (QED) is 0.637. The average molecular weight is 434 g/mol. The number of hydrogen-bond acceptors (Lipinski definition) is 5. The summed E-state index contributed by atoms with van der Waals surface area (Å²) < 4.78 is 40.2. The minimum Gasteiger partial charge on any atom is -0.378 e. The molecule has 0 unspecified atom stereocenters. The van der Waals surface area contributed by atoms with Gasteiger partial charge in [0.1, 0.15) is 15.6 Å². The lowest BCUT2D eigenvalue weighted by Gasteiger charge is -2.19. The first-order valence-electron chi connectivity index (χ1n) is 8.61. The lowest BCUT2D eigenvalue weighted by atomic mass is 10.2. The Bertz CT molecular complexity index is 1110. The molecule has 3 rings (SSSR count). The second-order valence-electron chi connectivity index (χ2n) is 6.46. The Morgan fingerprint density at radius 2 is 1.52 bits per heavy atom. The third-order valence-corrected chi connectivity index (χ3v) is 7.18. The number of hydrogen-bond donors (Lipinski definition) is 1. The fourth-order valence-corrected chi connectivity index (χ4v) is 5.12. The molecule has 0 aliphatic carbocycles. The van der Waals surface area contributed by atoms with Crippen LogP contribution in [0.15, 0.2) is 64.9 Å². The number of thiophene rings is 1. The Labute approximate surface area is 173 Å². The number of anilines is 3. The van der Waals surface area contributed by atoms with Crippen LogP contribution >= 0.6 is 11.3 Å². The summed E-state index contributed by atoms with van der Waals surface area (Å²) in [6.07, 6.45) is 0. The number of rotatable bonds is 6. The van der Waals surface area contributed by atoms with Gasteiger partial charge in [0.2, 0.25) is 0 Å². The fourth-order valence-electron chi connectivity index (χ4n) is 2.63. The van der Waals surface area contributed by atoms with E-state index in [0.717, 1.165) is 21.3 Å². The van der Waals surface area contributed by atoms with Gasteiger partial charge in [0, 0.05) is 32.5 Å². The SMILES string of the molecule is CN(C)c1ccc(NC(=O)c2sccc2S(=O)(=O)N(C)c2ccc(F)cc2)cc1. The highest BCUT2D eigenvalue weighted by atomic mass is 32.2. The van der Waals surface area contributed by atoms with Crippen molar-refractivity contribution in [3.63, 3.8) is 0 Å². The number of amides is 1. The van der Waals surface area contributed by atoms with Crippen LogP contribution in [0.25, 0.3) is 0 Å². The van der Waals surface area contributed by atoms with Gasteiger partial charge in [-0.15, -0.1) is 11.3 Å². The Morgan fingerprint density at radius 1 is 0.931 bits per heavy atom. The van der Waals surface area contributed by atoms with E-state index in [4.69, 9.17) is 0 Å². The van der Waals surface area contributed by atoms with Gasteiger partial charge in [-0.25, -0.2) is 12.8 Å². The van der Waals surface area contributed by atoms with Crippen molar-refractivity contribution in [3.8, 4) is 0 Å². The molecule has 1 amide bonds. The molecule has 0 spiro atoms. The zero-order valence-corrected chi connectivity index (χ0v) is 17.7. The first kappa shape index (κ1) is 20.8. The van der Waals surface area contributed by atoms with Crippen LogP contribution in [0.1, 0.15) is 9.67 Å². The van der Waals surface area contributed by atoms with Crippen molar-refractivity contribution >= 4 is 44.3 Å². The highest BCUT2D eigenvalue weighted by Gasteiger charge is 2.28. The second-order valence-corrected chi connectivity index (χ2v) is 9.31. The molecule has 1 heterocycles. The number of benzene rings is 2. The van der Waals surface area contributed by atoms with E-state index in [1.54, 1.807) is 17.5 Å². The standard InChI is InChI=1S/C20H20FN3O3S2/c1-23(2)16-10-6-15(7-11-16)22-20(25)19-18(12-13-28-19)29(26,27)24(3)17-8-4-14(21)5-9-17/h4-13H,1-3H3,(H,22,25). The van der Waals surface area contributed by atoms with Gasteiger partial charge in [0.15, 0.2) is 0 Å². The van der Waals surface area contributed by atoms with E-state index in [9.17, 15) is 17.6 Å². The predicted octanol–water partition coefficient (Wildman–Crippen LogP) is 4.03. The van der Waals surface area contributed by atoms with Crippen LogP contribution in [0.2, 0.25) is 0 Å². The smallest absolute Gasteiger partial charge is 0.267 e. The van der Waals surface area contributed by atoms with E-state index in [1.807, 2.05) is 31.1 Å². The molecule has 0 saturated heterocycles. The Balaban J connectivity index is 1.85. The van der Waals surface area contributed by atoms with Crippen molar-refractivity contribution in [2.75, 3.05) is 35.7 Å². The van der Waals surface area contributed by atoms with Gasteiger partial charge in [-0.2, -0.15) is 0 Å². The van der Waals surface area contributed by atoms with E-state index in [2.05, 4.69) is 5.32 Å². The zero-order chi connectivity index (χ0) is 21.2. The Kier molecular flexibility index (Phi) is 5.90. The summed E-state index contributed by atoms with van der Waals surface area (Å²) in [5, 5.41) is 4.28. The molecule has 9 heteroatoms. The molecule has 2 aromatic carbocycles. The van der Waals surface area contributed by atoms with Crippen molar-refractivity contribution in [3.05, 3.63) is 70.7 Å². The third-order valence-electron chi connectivity index (χ3n) is 4.31. The summed E-state index contributed by atoms with van der Waals surface area (Å²) in [6, 6.07) is 13.7. The normalized spacial score (nSPS) is 11.2. The van der Waals surface area contributed by atoms with Gasteiger partial charge in [-0.3, -0.25) is 9.10 Å². The van der Waals surface area contributed by atoms with Crippen molar-refractivity contribution in [2.24, 2.45) is 0 Å². The summed E-state index contributed by atoms with van der Waals surface area (Å²) in [5.74, 6) is -0.973. The largest absolute Gasteiger partial charge is 0.378 e. The lowest BCUT2D eigenvalue weighted by molar-refractivity contribution is 0.102. The second kappa shape index (κ2) is 8.22. The third kappa shape index (κ3) is 4.41. The van der Waals surface area contributed by atoms with Gasteiger partial charge < -0.3 is 10.2 Å². The molecule has 1 N–H and O–H groups in total. The van der Waals surface area contributed by atoms with Crippen LogP contribution in [-0.4, -0.2) is 35.5 Å². The summed E-state index contributed by atoms with van der Waals surface area (Å²) >= 11 is 1.04. The predicted molar refractivity (Wildman–Crippen MR) is 115 cm³/mol. The van der Waals surface area contributed by atoms with Crippen LogP contribution < -0.4 is 14.5 Å². The van der Waals surface area contributed by atoms with Crippen molar-refractivity contribution in [2.45, 2.75) is 4.90 Å². The van der Waals surface area contributed by atoms with Crippen LogP contribution in [0.4, 0.5) is 21.5 Å². The first-order chi connectivity index (χ1) is 13.7. The number of carbonyl (C=O) groups is 1. The maximum atomic E-state index is 13.1. The van der Waals surface area contributed by atoms with Crippen molar-refractivity contribution < 1.29 is 17.6 Å². The molecule has 0 bridgehead atoms. The summed E-state index contributed by atoms with van der Waals surface area (Å²) in [5.41, 5.74) is 1.83. The highest BCUT2D eigenvalue weighted by molar-refractivity contribution is 7.93. The van der Waals surface area contributed by atoms with E-state index >= 15 is 0 Å². The van der Waals surface area contributed by atoms with Gasteiger partial charge in [-0.05, 0) is 60.0 Å². The minimum atomic E-state index is -3.99. The lowest BCUT2D eigenvalue weighted by Crippen LogP contribution is -2.28. The molecule has 29 heavy (non-hydrogen) atoms. The van der Waals surface area contributed by atoms with Crippen molar-refractivity contribution in [1.82, 2.24) is 0 Å². The number of sulfonamides is 1. The van der Waals surface area contributed by atoms with Crippen molar-refractivity contribution in [1.29, 1.82) is 0 Å². The molecule has 0 fully saturated rings. The average Bonchev–Trinajstić information content (AvgIpc) is 3.19. The van der Waals surface area contributed by atoms with E-state index in [-0.39, 0.29) is 9.77 Å². The monoisotopic (exact) mass is 433 g/mol. The molecule has 0 atom stereocenters. The maximum Gasteiger partial charge on any atom is 0.267 e. The fraction of sp³-hybridized carbons (Fsp3) is 0.150. The van der Waals surface area contributed by atoms with Crippen LogP contribution in [0.3, 0.4) is 0 Å². The van der Waals surface area contributed by atoms with E-state index in [0.29, 0.717) is 11.4 Å². The van der Waals surface area contributed by atoms with Gasteiger partial charge in [0.05, 0.1) is 5.69 Å². The van der Waals surface area contributed by atoms with E-state index in [1.165, 1.54) is 37.4 Å². The number of halogens is 1. The number of nitrogens with zero attached hydrogens (tertiary/aromatic N) is 2. The van der Waals surface area contributed by atoms with Gasteiger partial charge >= 0.3 is 0 Å². The Morgan fingerprint density at radius 3 is 2.10 bits per heavy atom. The molecular formula is C20H20FN3O3S2. The zero-order valence-electron chi connectivity index (χ0n) is 16.1. The first-order valence-corrected chi connectivity index (χ1v) is 10.9.